The van der Waals surface area contributed by atoms with E-state index < -0.39 is 5.60 Å². The van der Waals surface area contributed by atoms with Crippen molar-refractivity contribution in [3.05, 3.63) is 34.2 Å². The molecule has 0 aromatic rings. The Kier molecular flexibility index (Phi) is 6.92. The van der Waals surface area contributed by atoms with Crippen LogP contribution in [0.1, 0.15) is 41.0 Å². The number of hydrogen-bond acceptors (Lipinski definition) is 5. The Morgan fingerprint density at radius 3 is 2.50 bits per heavy atom. The van der Waals surface area contributed by atoms with Crippen molar-refractivity contribution in [2.45, 2.75) is 46.6 Å². The minimum absolute atomic E-state index is 0.238. The largest absolute Gasteiger partial charge is 0.444 e. The lowest BCUT2D eigenvalue weighted by Gasteiger charge is -2.37. The molecule has 144 valence electrons. The third-order valence-electron chi connectivity index (χ3n) is 4.12. The van der Waals surface area contributed by atoms with Crippen LogP contribution in [0.2, 0.25) is 0 Å². The van der Waals surface area contributed by atoms with Crippen LogP contribution in [0.3, 0.4) is 0 Å². The molecule has 2 rings (SSSR count). The molecule has 2 aliphatic heterocycles. The van der Waals surface area contributed by atoms with E-state index in [1.54, 1.807) is 4.90 Å². The first-order chi connectivity index (χ1) is 12.2. The van der Waals surface area contributed by atoms with E-state index in [-0.39, 0.29) is 6.09 Å². The van der Waals surface area contributed by atoms with Crippen molar-refractivity contribution in [3.8, 4) is 0 Å². The predicted octanol–water partition coefficient (Wildman–Crippen LogP) is 3.97. The van der Waals surface area contributed by atoms with Gasteiger partial charge in [-0.05, 0) is 56.2 Å². The Morgan fingerprint density at radius 2 is 1.92 bits per heavy atom. The molecule has 0 radical (unpaired) electrons. The molecule has 0 saturated carbocycles. The summed E-state index contributed by atoms with van der Waals surface area (Å²) in [4.78, 5) is 20.7. The van der Waals surface area contributed by atoms with Gasteiger partial charge in [0.25, 0.3) is 0 Å². The van der Waals surface area contributed by atoms with Gasteiger partial charge in [-0.15, -0.1) is 0 Å². The zero-order valence-electron chi connectivity index (χ0n) is 16.3. The van der Waals surface area contributed by atoms with E-state index in [1.165, 1.54) is 0 Å². The topological polar surface area (TPSA) is 57.2 Å². The van der Waals surface area contributed by atoms with E-state index in [0.29, 0.717) is 13.1 Å². The van der Waals surface area contributed by atoms with Gasteiger partial charge in [0.05, 0.1) is 5.57 Å². The van der Waals surface area contributed by atoms with Crippen molar-refractivity contribution in [2.75, 3.05) is 26.2 Å². The number of nitrogens with zero attached hydrogens (tertiary/aromatic N) is 3. The number of ether oxygens (including phenoxy) is 1. The number of halogens is 1. The van der Waals surface area contributed by atoms with Crippen molar-refractivity contribution in [3.63, 3.8) is 0 Å². The van der Waals surface area contributed by atoms with Crippen LogP contribution < -0.4 is 5.32 Å². The summed E-state index contributed by atoms with van der Waals surface area (Å²) in [6.45, 7) is 12.7. The number of rotatable bonds is 3. The molecule has 1 amide bonds. The van der Waals surface area contributed by atoms with E-state index in [9.17, 15) is 4.79 Å². The number of hydrogen-bond donors (Lipinski definition) is 1. The summed E-state index contributed by atoms with van der Waals surface area (Å²) in [7, 11) is 0. The fourth-order valence-electron chi connectivity index (χ4n) is 2.78. The first kappa shape index (κ1) is 20.6. The first-order valence-corrected chi connectivity index (χ1v) is 9.81. The number of carbonyl (C=O) groups excluding carboxylic acids is 1. The number of piperazine rings is 1. The second-order valence-electron chi connectivity index (χ2n) is 7.32. The molecule has 2 heterocycles. The van der Waals surface area contributed by atoms with Crippen LogP contribution in [0.25, 0.3) is 0 Å². The van der Waals surface area contributed by atoms with Gasteiger partial charge in [-0.3, -0.25) is 0 Å². The van der Waals surface area contributed by atoms with Crippen LogP contribution in [0.15, 0.2) is 39.2 Å². The summed E-state index contributed by atoms with van der Waals surface area (Å²) in [5.41, 5.74) is 1.75. The summed E-state index contributed by atoms with van der Waals surface area (Å²) in [6.07, 6.45) is 6.53. The molecular weight excluding hydrogens is 396 g/mol. The molecule has 0 bridgehead atoms. The van der Waals surface area contributed by atoms with Gasteiger partial charge in [0.1, 0.15) is 11.4 Å². The first-order valence-electron chi connectivity index (χ1n) is 9.02. The van der Waals surface area contributed by atoms with E-state index in [1.807, 2.05) is 33.2 Å². The number of amides is 1. The molecule has 0 aromatic heterocycles. The van der Waals surface area contributed by atoms with Crippen molar-refractivity contribution in [1.29, 1.82) is 0 Å². The van der Waals surface area contributed by atoms with Crippen molar-refractivity contribution >= 4 is 27.9 Å². The van der Waals surface area contributed by atoms with Crippen LogP contribution >= 0.6 is 15.9 Å². The second-order valence-corrected chi connectivity index (χ2v) is 8.18. The maximum absolute atomic E-state index is 12.2. The third kappa shape index (κ3) is 5.37. The predicted molar refractivity (Wildman–Crippen MR) is 109 cm³/mol. The molecule has 6 nitrogen and oxygen atoms in total. The molecule has 0 unspecified atom stereocenters. The standard InChI is InChI=1S/C19H29BrN4O2/c1-6-7-8-21-17-16(15(20)13-22-17)14(2)23-9-11-24(12-10-23)18(25)26-19(3,4)5/h7-8,13H,6,9-12H2,1-5H3,(H,21,22)/b8-7+,16-14+. The van der Waals surface area contributed by atoms with Crippen molar-refractivity contribution in [2.24, 2.45) is 4.99 Å². The fraction of sp³-hybridized carbons (Fsp3) is 0.579. The highest BCUT2D eigenvalue weighted by atomic mass is 79.9. The van der Waals surface area contributed by atoms with Crippen LogP contribution in [0.5, 0.6) is 0 Å². The van der Waals surface area contributed by atoms with Gasteiger partial charge < -0.3 is 19.9 Å². The molecule has 1 saturated heterocycles. The van der Waals surface area contributed by atoms with Crippen molar-refractivity contribution in [1.82, 2.24) is 15.1 Å². The Hall–Kier alpha value is -1.76. The van der Waals surface area contributed by atoms with Gasteiger partial charge in [-0.2, -0.15) is 0 Å². The monoisotopic (exact) mass is 424 g/mol. The minimum Gasteiger partial charge on any atom is -0.444 e. The minimum atomic E-state index is -0.464. The molecule has 7 heteroatoms. The summed E-state index contributed by atoms with van der Waals surface area (Å²) in [6, 6.07) is 0. The molecule has 26 heavy (non-hydrogen) atoms. The molecule has 0 spiro atoms. The Bertz CT molecular complexity index is 651. The highest BCUT2D eigenvalue weighted by Gasteiger charge is 2.28. The van der Waals surface area contributed by atoms with Gasteiger partial charge in [-0.25, -0.2) is 9.79 Å². The number of carbonyl (C=O) groups is 1. The summed E-state index contributed by atoms with van der Waals surface area (Å²) in [5.74, 6) is 0.841. The van der Waals surface area contributed by atoms with Crippen LogP contribution in [-0.2, 0) is 4.74 Å². The molecule has 1 N–H and O–H groups in total. The van der Waals surface area contributed by atoms with Gasteiger partial charge >= 0.3 is 6.09 Å². The average molecular weight is 425 g/mol. The maximum Gasteiger partial charge on any atom is 0.410 e. The average Bonchev–Trinajstić information content (AvgIpc) is 2.94. The van der Waals surface area contributed by atoms with E-state index in [4.69, 9.17) is 4.74 Å². The quantitative estimate of drug-likeness (QED) is 0.744. The fourth-order valence-corrected chi connectivity index (χ4v) is 3.36. The molecule has 2 aliphatic rings. The summed E-state index contributed by atoms with van der Waals surface area (Å²) in [5, 5.41) is 3.25. The molecule has 1 fully saturated rings. The highest BCUT2D eigenvalue weighted by Crippen LogP contribution is 2.28. The molecular formula is C19H29BrN4O2. The SMILES string of the molecule is CC/C=C/NC1=NC=C(Br)/C1=C(/C)N1CCN(C(=O)OC(C)(C)C)CC1. The van der Waals surface area contributed by atoms with Crippen LogP contribution in [0.4, 0.5) is 4.79 Å². The highest BCUT2D eigenvalue weighted by molar-refractivity contribution is 9.12. The number of allylic oxidation sites excluding steroid dienone is 2. The van der Waals surface area contributed by atoms with Gasteiger partial charge in [0.2, 0.25) is 0 Å². The number of nitrogens with one attached hydrogen (secondary N) is 1. The van der Waals surface area contributed by atoms with Crippen molar-refractivity contribution < 1.29 is 9.53 Å². The zero-order valence-corrected chi connectivity index (χ0v) is 17.9. The lowest BCUT2D eigenvalue weighted by molar-refractivity contribution is 0.0168. The van der Waals surface area contributed by atoms with Gasteiger partial charge in [0.15, 0.2) is 0 Å². The lowest BCUT2D eigenvalue weighted by atomic mass is 10.1. The van der Waals surface area contributed by atoms with Crippen LogP contribution in [0, 0.1) is 0 Å². The smallest absolute Gasteiger partial charge is 0.410 e. The zero-order chi connectivity index (χ0) is 19.3. The van der Waals surface area contributed by atoms with E-state index in [2.05, 4.69) is 51.1 Å². The summed E-state index contributed by atoms with van der Waals surface area (Å²) >= 11 is 3.60. The molecule has 0 aliphatic carbocycles. The Balaban J connectivity index is 2.02. The molecule has 0 atom stereocenters. The second kappa shape index (κ2) is 8.75. The van der Waals surface area contributed by atoms with Crippen LogP contribution in [-0.4, -0.2) is 53.5 Å². The maximum atomic E-state index is 12.2. The Labute approximate surface area is 164 Å². The van der Waals surface area contributed by atoms with E-state index >= 15 is 0 Å². The molecule has 0 aromatic carbocycles. The van der Waals surface area contributed by atoms with Gasteiger partial charge in [-0.1, -0.05) is 13.0 Å². The van der Waals surface area contributed by atoms with E-state index in [0.717, 1.165) is 41.1 Å². The summed E-state index contributed by atoms with van der Waals surface area (Å²) < 4.78 is 6.43. The normalized spacial score (nSPS) is 20.2. The Morgan fingerprint density at radius 1 is 1.31 bits per heavy atom. The lowest BCUT2D eigenvalue weighted by Crippen LogP contribution is -2.49. The number of amidine groups is 1. The number of aliphatic imine (C=N–C) groups is 1. The third-order valence-corrected chi connectivity index (χ3v) is 4.72. The van der Waals surface area contributed by atoms with Gasteiger partial charge in [0, 0.05) is 42.6 Å².